The van der Waals surface area contributed by atoms with Crippen LogP contribution in [-0.2, 0) is 6.54 Å². The minimum atomic E-state index is 0.606. The van der Waals surface area contributed by atoms with Crippen LogP contribution in [0.25, 0.3) is 0 Å². The van der Waals surface area contributed by atoms with Crippen molar-refractivity contribution in [3.63, 3.8) is 0 Å². The van der Waals surface area contributed by atoms with E-state index in [-0.39, 0.29) is 0 Å². The van der Waals surface area contributed by atoms with Gasteiger partial charge in [0.05, 0.1) is 16.7 Å². The van der Waals surface area contributed by atoms with Crippen LogP contribution in [0.1, 0.15) is 12.5 Å². The fourth-order valence-electron chi connectivity index (χ4n) is 1.74. The number of halogens is 3. The Labute approximate surface area is 137 Å². The van der Waals surface area contributed by atoms with Crippen LogP contribution < -0.4 is 10.1 Å². The van der Waals surface area contributed by atoms with E-state index in [2.05, 4.69) is 21.2 Å². The predicted molar refractivity (Wildman–Crippen MR) is 89.1 cm³/mol. The van der Waals surface area contributed by atoms with E-state index in [1.54, 1.807) is 0 Å². The molecule has 0 bridgehead atoms. The number of benzene rings is 2. The van der Waals surface area contributed by atoms with Crippen molar-refractivity contribution in [2.75, 3.05) is 11.9 Å². The molecule has 0 aliphatic heterocycles. The zero-order valence-corrected chi connectivity index (χ0v) is 14.0. The first-order valence-corrected chi connectivity index (χ1v) is 7.75. The Morgan fingerprint density at radius 3 is 2.55 bits per heavy atom. The maximum Gasteiger partial charge on any atom is 0.137 e. The maximum atomic E-state index is 6.16. The molecule has 0 aliphatic rings. The van der Waals surface area contributed by atoms with Crippen molar-refractivity contribution in [1.29, 1.82) is 0 Å². The van der Waals surface area contributed by atoms with Crippen LogP contribution in [0, 0.1) is 0 Å². The summed E-state index contributed by atoms with van der Waals surface area (Å²) in [5.74, 6) is 0.713. The highest BCUT2D eigenvalue weighted by molar-refractivity contribution is 9.10. The Balaban J connectivity index is 2.03. The summed E-state index contributed by atoms with van der Waals surface area (Å²) >= 11 is 15.6. The summed E-state index contributed by atoms with van der Waals surface area (Å²) in [6.07, 6.45) is 0. The normalized spacial score (nSPS) is 10.4. The first-order valence-electron chi connectivity index (χ1n) is 6.20. The molecule has 0 aliphatic carbocycles. The zero-order valence-electron chi connectivity index (χ0n) is 10.9. The SMILES string of the molecule is CCOc1ccc(CNc2ccc(Br)c(Cl)c2)cc1Cl. The topological polar surface area (TPSA) is 21.3 Å². The average molecular weight is 375 g/mol. The van der Waals surface area contributed by atoms with E-state index >= 15 is 0 Å². The van der Waals surface area contributed by atoms with Crippen LogP contribution in [-0.4, -0.2) is 6.61 Å². The number of hydrogen-bond donors (Lipinski definition) is 1. The van der Waals surface area contributed by atoms with Gasteiger partial charge in [-0.1, -0.05) is 29.3 Å². The van der Waals surface area contributed by atoms with Gasteiger partial charge in [0.2, 0.25) is 0 Å². The van der Waals surface area contributed by atoms with E-state index < -0.39 is 0 Å². The lowest BCUT2D eigenvalue weighted by Gasteiger charge is -2.10. The van der Waals surface area contributed by atoms with Crippen molar-refractivity contribution < 1.29 is 4.74 Å². The number of hydrogen-bond acceptors (Lipinski definition) is 2. The molecule has 0 radical (unpaired) electrons. The number of ether oxygens (including phenoxy) is 1. The van der Waals surface area contributed by atoms with Gasteiger partial charge in [-0.15, -0.1) is 0 Å². The molecule has 0 spiro atoms. The molecule has 0 atom stereocenters. The molecule has 0 unspecified atom stereocenters. The lowest BCUT2D eigenvalue weighted by molar-refractivity contribution is 0.340. The van der Waals surface area contributed by atoms with E-state index in [0.29, 0.717) is 28.9 Å². The molecule has 0 fully saturated rings. The second kappa shape index (κ2) is 7.21. The third-order valence-corrected chi connectivity index (χ3v) is 4.24. The first-order chi connectivity index (χ1) is 9.60. The van der Waals surface area contributed by atoms with Crippen LogP contribution in [0.3, 0.4) is 0 Å². The largest absolute Gasteiger partial charge is 0.492 e. The molecule has 0 aromatic heterocycles. The first kappa shape index (κ1) is 15.5. The van der Waals surface area contributed by atoms with Gasteiger partial charge in [0.15, 0.2) is 0 Å². The Morgan fingerprint density at radius 2 is 1.90 bits per heavy atom. The molecule has 0 saturated carbocycles. The van der Waals surface area contributed by atoms with E-state index in [0.717, 1.165) is 15.7 Å². The summed E-state index contributed by atoms with van der Waals surface area (Å²) in [5.41, 5.74) is 2.04. The van der Waals surface area contributed by atoms with Gasteiger partial charge >= 0.3 is 0 Å². The quantitative estimate of drug-likeness (QED) is 0.717. The van der Waals surface area contributed by atoms with Crippen molar-refractivity contribution in [2.45, 2.75) is 13.5 Å². The molecular formula is C15H14BrCl2NO. The van der Waals surface area contributed by atoms with Crippen LogP contribution in [0.15, 0.2) is 40.9 Å². The molecule has 0 heterocycles. The maximum absolute atomic E-state index is 6.16. The van der Waals surface area contributed by atoms with Gasteiger partial charge < -0.3 is 10.1 Å². The lowest BCUT2D eigenvalue weighted by Crippen LogP contribution is -2.00. The minimum Gasteiger partial charge on any atom is -0.492 e. The minimum absolute atomic E-state index is 0.606. The molecule has 5 heteroatoms. The number of anilines is 1. The molecule has 106 valence electrons. The van der Waals surface area contributed by atoms with E-state index in [4.69, 9.17) is 27.9 Å². The average Bonchev–Trinajstić information content (AvgIpc) is 2.43. The fourth-order valence-corrected chi connectivity index (χ4v) is 2.42. The molecule has 2 nitrogen and oxygen atoms in total. The Hall–Kier alpha value is -0.900. The van der Waals surface area contributed by atoms with Gasteiger partial charge in [0.1, 0.15) is 5.75 Å². The fraction of sp³-hybridized carbons (Fsp3) is 0.200. The molecule has 2 aromatic carbocycles. The standard InChI is InChI=1S/C15H14BrCl2NO/c1-2-20-15-6-3-10(7-14(15)18)9-19-11-4-5-12(16)13(17)8-11/h3-8,19H,2,9H2,1H3. The predicted octanol–water partition coefficient (Wildman–Crippen LogP) is 5.77. The summed E-state index contributed by atoms with van der Waals surface area (Å²) in [5, 5.41) is 4.61. The Kier molecular flexibility index (Phi) is 5.58. The summed E-state index contributed by atoms with van der Waals surface area (Å²) in [7, 11) is 0. The van der Waals surface area contributed by atoms with Crippen LogP contribution in [0.2, 0.25) is 10.0 Å². The highest BCUT2D eigenvalue weighted by atomic mass is 79.9. The van der Waals surface area contributed by atoms with Gasteiger partial charge in [-0.25, -0.2) is 0 Å². The Bertz CT molecular complexity index is 604. The molecule has 20 heavy (non-hydrogen) atoms. The second-order valence-electron chi connectivity index (χ2n) is 4.18. The molecule has 2 aromatic rings. The van der Waals surface area contributed by atoms with Gasteiger partial charge in [-0.05, 0) is 58.7 Å². The van der Waals surface area contributed by atoms with Crippen molar-refractivity contribution in [3.05, 3.63) is 56.5 Å². The van der Waals surface area contributed by atoms with Crippen molar-refractivity contribution >= 4 is 44.8 Å². The van der Waals surface area contributed by atoms with E-state index in [1.165, 1.54) is 0 Å². The highest BCUT2D eigenvalue weighted by Crippen LogP contribution is 2.27. The van der Waals surface area contributed by atoms with Crippen molar-refractivity contribution in [1.82, 2.24) is 0 Å². The van der Waals surface area contributed by atoms with Gasteiger partial charge in [0, 0.05) is 16.7 Å². The summed E-state index contributed by atoms with van der Waals surface area (Å²) in [6, 6.07) is 11.5. The molecular weight excluding hydrogens is 361 g/mol. The Morgan fingerprint density at radius 1 is 1.10 bits per heavy atom. The van der Waals surface area contributed by atoms with Gasteiger partial charge in [0.25, 0.3) is 0 Å². The zero-order chi connectivity index (χ0) is 14.5. The van der Waals surface area contributed by atoms with E-state index in [9.17, 15) is 0 Å². The highest BCUT2D eigenvalue weighted by Gasteiger charge is 2.03. The van der Waals surface area contributed by atoms with Gasteiger partial charge in [-0.3, -0.25) is 0 Å². The van der Waals surface area contributed by atoms with Crippen LogP contribution >= 0.6 is 39.1 Å². The smallest absolute Gasteiger partial charge is 0.137 e. The van der Waals surface area contributed by atoms with Gasteiger partial charge in [-0.2, -0.15) is 0 Å². The summed E-state index contributed by atoms with van der Waals surface area (Å²) in [4.78, 5) is 0. The third-order valence-electron chi connectivity index (χ3n) is 2.71. The molecule has 0 amide bonds. The number of nitrogens with one attached hydrogen (secondary N) is 1. The molecule has 1 N–H and O–H groups in total. The lowest BCUT2D eigenvalue weighted by atomic mass is 10.2. The third kappa shape index (κ3) is 4.05. The summed E-state index contributed by atoms with van der Waals surface area (Å²) < 4.78 is 6.29. The van der Waals surface area contributed by atoms with Crippen molar-refractivity contribution in [2.24, 2.45) is 0 Å². The summed E-state index contributed by atoms with van der Waals surface area (Å²) in [6.45, 7) is 3.21. The van der Waals surface area contributed by atoms with Crippen molar-refractivity contribution in [3.8, 4) is 5.75 Å². The second-order valence-corrected chi connectivity index (χ2v) is 5.85. The number of rotatable bonds is 5. The van der Waals surface area contributed by atoms with Crippen LogP contribution in [0.5, 0.6) is 5.75 Å². The molecule has 0 saturated heterocycles. The molecule has 2 rings (SSSR count). The van der Waals surface area contributed by atoms with Crippen LogP contribution in [0.4, 0.5) is 5.69 Å². The van der Waals surface area contributed by atoms with E-state index in [1.807, 2.05) is 43.3 Å². The monoisotopic (exact) mass is 373 g/mol.